The molecule has 3 aromatic carbocycles. The molecule has 0 unspecified atom stereocenters. The van der Waals surface area contributed by atoms with E-state index in [2.05, 4.69) is 0 Å². The zero-order chi connectivity index (χ0) is 27.0. The number of carbonyl (C=O) groups is 2. The lowest BCUT2D eigenvalue weighted by Gasteiger charge is -2.26. The fourth-order valence-electron chi connectivity index (χ4n) is 5.15. The van der Waals surface area contributed by atoms with Gasteiger partial charge in [-0.3, -0.25) is 9.59 Å². The largest absolute Gasteiger partial charge is 0.507 e. The van der Waals surface area contributed by atoms with Gasteiger partial charge in [-0.25, -0.2) is 0 Å². The number of fused-ring (bicyclic) bond motifs is 1. The molecule has 0 spiro atoms. The number of amides is 1. The van der Waals surface area contributed by atoms with E-state index in [1.165, 1.54) is 26.2 Å². The van der Waals surface area contributed by atoms with Gasteiger partial charge in [0.05, 0.1) is 32.9 Å². The number of carbonyl (C=O) groups excluding carboxylic acids is 2. The van der Waals surface area contributed by atoms with Gasteiger partial charge in [-0.15, -0.1) is 0 Å². The van der Waals surface area contributed by atoms with Crippen LogP contribution in [0.25, 0.3) is 5.76 Å². The van der Waals surface area contributed by atoms with Crippen LogP contribution in [-0.2, 0) is 22.6 Å². The van der Waals surface area contributed by atoms with Crippen LogP contribution in [0.5, 0.6) is 23.0 Å². The van der Waals surface area contributed by atoms with Crippen molar-refractivity contribution in [2.75, 3.05) is 21.3 Å². The number of benzene rings is 3. The molecule has 2 heterocycles. The molecule has 2 aliphatic heterocycles. The molecule has 1 saturated heterocycles. The molecule has 2 aliphatic rings. The van der Waals surface area contributed by atoms with Gasteiger partial charge < -0.3 is 29.0 Å². The predicted molar refractivity (Wildman–Crippen MR) is 141 cm³/mol. The average molecular weight is 516 g/mol. The van der Waals surface area contributed by atoms with E-state index in [9.17, 15) is 14.7 Å². The van der Waals surface area contributed by atoms with Crippen molar-refractivity contribution in [3.8, 4) is 23.0 Å². The number of methoxy groups -OCH3 is 3. The Morgan fingerprint density at radius 1 is 0.974 bits per heavy atom. The Labute approximate surface area is 221 Å². The number of hydrogen-bond acceptors (Lipinski definition) is 7. The van der Waals surface area contributed by atoms with Gasteiger partial charge in [-0.1, -0.05) is 30.3 Å². The molecule has 1 amide bonds. The third kappa shape index (κ3) is 4.32. The third-order valence-electron chi connectivity index (χ3n) is 6.91. The van der Waals surface area contributed by atoms with Crippen molar-refractivity contribution in [3.05, 3.63) is 88.5 Å². The zero-order valence-electron chi connectivity index (χ0n) is 21.7. The van der Waals surface area contributed by atoms with E-state index in [4.69, 9.17) is 18.9 Å². The highest BCUT2D eigenvalue weighted by Crippen LogP contribution is 2.46. The van der Waals surface area contributed by atoms with Crippen LogP contribution in [0.1, 0.15) is 35.2 Å². The van der Waals surface area contributed by atoms with E-state index in [0.29, 0.717) is 34.8 Å². The standard InChI is InChI=1S/C30H29NO7/c1-17-12-20-13-19(10-11-22(20)38-17)27(32)25-26(21-14-23(35-2)29(37-4)24(15-21)36-3)31(30(34)28(25)33)16-18-8-6-5-7-9-18/h5-11,13-15,17,26,32H,12,16H2,1-4H3/t17-,26+/m0/s1. The van der Waals surface area contributed by atoms with Gasteiger partial charge in [0.25, 0.3) is 11.7 Å². The van der Waals surface area contributed by atoms with E-state index in [-0.39, 0.29) is 24.0 Å². The van der Waals surface area contributed by atoms with E-state index >= 15 is 0 Å². The van der Waals surface area contributed by atoms with Crippen molar-refractivity contribution in [2.24, 2.45) is 0 Å². The predicted octanol–water partition coefficient (Wildman–Crippen LogP) is 4.66. The highest BCUT2D eigenvalue weighted by Gasteiger charge is 2.46. The molecule has 5 rings (SSSR count). The number of ketones is 1. The lowest BCUT2D eigenvalue weighted by atomic mass is 9.93. The molecule has 3 aromatic rings. The summed E-state index contributed by atoms with van der Waals surface area (Å²) in [5, 5.41) is 11.5. The van der Waals surface area contributed by atoms with Gasteiger partial charge in [0.2, 0.25) is 5.75 Å². The normalized spacial score (nSPS) is 19.7. The Morgan fingerprint density at radius 3 is 2.29 bits per heavy atom. The zero-order valence-corrected chi connectivity index (χ0v) is 21.7. The first-order chi connectivity index (χ1) is 18.4. The van der Waals surface area contributed by atoms with Gasteiger partial charge in [-0.05, 0) is 53.9 Å². The highest BCUT2D eigenvalue weighted by molar-refractivity contribution is 6.46. The number of Topliss-reactive ketones (excluding diaryl/α,β-unsaturated/α-hetero) is 1. The van der Waals surface area contributed by atoms with Gasteiger partial charge in [0.15, 0.2) is 11.5 Å². The fourth-order valence-corrected chi connectivity index (χ4v) is 5.15. The van der Waals surface area contributed by atoms with Crippen LogP contribution in [0.4, 0.5) is 0 Å². The monoisotopic (exact) mass is 515 g/mol. The Morgan fingerprint density at radius 2 is 1.66 bits per heavy atom. The minimum absolute atomic E-state index is 0.00730. The summed E-state index contributed by atoms with van der Waals surface area (Å²) >= 11 is 0. The number of nitrogens with zero attached hydrogens (tertiary/aromatic N) is 1. The Kier molecular flexibility index (Phi) is 6.72. The molecule has 8 heteroatoms. The van der Waals surface area contributed by atoms with Crippen LogP contribution in [0.3, 0.4) is 0 Å². The van der Waals surface area contributed by atoms with Crippen LogP contribution in [0, 0.1) is 0 Å². The molecule has 8 nitrogen and oxygen atoms in total. The third-order valence-corrected chi connectivity index (χ3v) is 6.91. The summed E-state index contributed by atoms with van der Waals surface area (Å²) in [5.41, 5.74) is 2.75. The number of hydrogen-bond donors (Lipinski definition) is 1. The molecular weight excluding hydrogens is 486 g/mol. The fraction of sp³-hybridized carbons (Fsp3) is 0.267. The van der Waals surface area contributed by atoms with Crippen LogP contribution in [0.2, 0.25) is 0 Å². The van der Waals surface area contributed by atoms with E-state index in [1.54, 1.807) is 24.3 Å². The minimum Gasteiger partial charge on any atom is -0.507 e. The molecular formula is C30H29NO7. The van der Waals surface area contributed by atoms with Crippen molar-refractivity contribution in [1.29, 1.82) is 0 Å². The summed E-state index contributed by atoms with van der Waals surface area (Å²) in [6.07, 6.45) is 0.716. The molecule has 0 saturated carbocycles. The summed E-state index contributed by atoms with van der Waals surface area (Å²) < 4.78 is 22.3. The summed E-state index contributed by atoms with van der Waals surface area (Å²) in [7, 11) is 4.49. The SMILES string of the molecule is COc1cc([C@@H]2C(=C(O)c3ccc4c(c3)C[C@H](C)O4)C(=O)C(=O)N2Cc2ccccc2)cc(OC)c1OC. The second-order valence-corrected chi connectivity index (χ2v) is 9.33. The molecule has 38 heavy (non-hydrogen) atoms. The Bertz CT molecular complexity index is 1400. The summed E-state index contributed by atoms with van der Waals surface area (Å²) in [5.74, 6) is 0.160. The summed E-state index contributed by atoms with van der Waals surface area (Å²) in [4.78, 5) is 28.4. The van der Waals surface area contributed by atoms with Gasteiger partial charge in [0.1, 0.15) is 17.6 Å². The lowest BCUT2D eigenvalue weighted by Crippen LogP contribution is -2.29. The Balaban J connectivity index is 1.69. The molecule has 0 bridgehead atoms. The van der Waals surface area contributed by atoms with Crippen molar-refractivity contribution in [1.82, 2.24) is 4.90 Å². The maximum Gasteiger partial charge on any atom is 0.295 e. The first kappa shape index (κ1) is 25.2. The van der Waals surface area contributed by atoms with Gasteiger partial charge in [-0.2, -0.15) is 0 Å². The highest BCUT2D eigenvalue weighted by atomic mass is 16.5. The maximum atomic E-state index is 13.5. The molecule has 2 atom stereocenters. The van der Waals surface area contributed by atoms with Crippen molar-refractivity contribution in [3.63, 3.8) is 0 Å². The molecule has 196 valence electrons. The lowest BCUT2D eigenvalue weighted by molar-refractivity contribution is -0.140. The number of aliphatic hydroxyl groups is 1. The van der Waals surface area contributed by atoms with E-state index in [0.717, 1.165) is 16.9 Å². The maximum absolute atomic E-state index is 13.5. The molecule has 0 aliphatic carbocycles. The number of rotatable bonds is 7. The molecule has 0 aromatic heterocycles. The van der Waals surface area contributed by atoms with Crippen LogP contribution in [-0.4, -0.2) is 49.1 Å². The van der Waals surface area contributed by atoms with Crippen LogP contribution in [0.15, 0.2) is 66.2 Å². The summed E-state index contributed by atoms with van der Waals surface area (Å²) in [6.45, 7) is 2.14. The quantitative estimate of drug-likeness (QED) is 0.278. The topological polar surface area (TPSA) is 94.5 Å². The van der Waals surface area contributed by atoms with Crippen molar-refractivity contribution >= 4 is 17.4 Å². The second-order valence-electron chi connectivity index (χ2n) is 9.33. The number of aliphatic hydroxyl groups excluding tert-OH is 1. The van der Waals surface area contributed by atoms with Crippen LogP contribution >= 0.6 is 0 Å². The second kappa shape index (κ2) is 10.1. The Hall–Kier alpha value is -4.46. The van der Waals surface area contributed by atoms with Crippen molar-refractivity contribution < 1.29 is 33.6 Å². The van der Waals surface area contributed by atoms with E-state index in [1.807, 2.05) is 43.3 Å². The molecule has 1 fully saturated rings. The van der Waals surface area contributed by atoms with Crippen LogP contribution < -0.4 is 18.9 Å². The smallest absolute Gasteiger partial charge is 0.295 e. The molecule has 0 radical (unpaired) electrons. The first-order valence-electron chi connectivity index (χ1n) is 12.3. The average Bonchev–Trinajstić information content (AvgIpc) is 3.43. The molecule has 1 N–H and O–H groups in total. The number of likely N-dealkylation sites (tertiary alicyclic amines) is 1. The van der Waals surface area contributed by atoms with Gasteiger partial charge >= 0.3 is 0 Å². The van der Waals surface area contributed by atoms with Crippen molar-refractivity contribution in [2.45, 2.75) is 32.0 Å². The summed E-state index contributed by atoms with van der Waals surface area (Å²) in [6, 6.07) is 17.2. The minimum atomic E-state index is -0.896. The van der Waals surface area contributed by atoms with E-state index < -0.39 is 17.7 Å². The first-order valence-corrected chi connectivity index (χ1v) is 12.3. The number of ether oxygens (including phenoxy) is 4. The van der Waals surface area contributed by atoms with Gasteiger partial charge in [0, 0.05) is 18.5 Å².